The molecule has 2 rings (SSSR count). The summed E-state index contributed by atoms with van der Waals surface area (Å²) in [6, 6.07) is 10.7. The Morgan fingerprint density at radius 1 is 1.21 bits per heavy atom. The van der Waals surface area contributed by atoms with Crippen LogP contribution in [0.2, 0.25) is 5.02 Å². The Kier molecular flexibility index (Phi) is 5.96. The van der Waals surface area contributed by atoms with Crippen molar-refractivity contribution in [3.05, 3.63) is 64.4 Å². The van der Waals surface area contributed by atoms with Gasteiger partial charge in [-0.1, -0.05) is 35.9 Å². The SMILES string of the molecule is Cc1cc(CNC(=O)CCS(=O)(=O)c2ccccc2Cl)ccc1F. The number of amides is 1. The average Bonchev–Trinajstić information content (AvgIpc) is 2.54. The van der Waals surface area contributed by atoms with Crippen LogP contribution in [0.25, 0.3) is 0 Å². The van der Waals surface area contributed by atoms with Crippen molar-refractivity contribution in [1.29, 1.82) is 0 Å². The molecule has 0 saturated heterocycles. The van der Waals surface area contributed by atoms with Crippen LogP contribution in [0.3, 0.4) is 0 Å². The number of hydrogen-bond acceptors (Lipinski definition) is 3. The van der Waals surface area contributed by atoms with E-state index in [1.165, 1.54) is 18.2 Å². The fraction of sp³-hybridized carbons (Fsp3) is 0.235. The van der Waals surface area contributed by atoms with Crippen LogP contribution in [-0.4, -0.2) is 20.1 Å². The molecule has 1 amide bonds. The van der Waals surface area contributed by atoms with Crippen LogP contribution in [0.15, 0.2) is 47.4 Å². The standard InChI is InChI=1S/C17H17ClFNO3S/c1-12-10-13(6-7-15(12)19)11-20-17(21)8-9-24(22,23)16-5-3-2-4-14(16)18/h2-7,10H,8-9,11H2,1H3,(H,20,21). The van der Waals surface area contributed by atoms with Crippen LogP contribution in [0.5, 0.6) is 0 Å². The minimum Gasteiger partial charge on any atom is -0.352 e. The van der Waals surface area contributed by atoms with Crippen molar-refractivity contribution in [2.24, 2.45) is 0 Å². The molecule has 0 unspecified atom stereocenters. The number of hydrogen-bond donors (Lipinski definition) is 1. The van der Waals surface area contributed by atoms with Crippen molar-refractivity contribution in [3.63, 3.8) is 0 Å². The van der Waals surface area contributed by atoms with E-state index >= 15 is 0 Å². The Morgan fingerprint density at radius 2 is 1.92 bits per heavy atom. The normalized spacial score (nSPS) is 11.3. The zero-order valence-corrected chi connectivity index (χ0v) is 14.6. The van der Waals surface area contributed by atoms with Gasteiger partial charge in [0.1, 0.15) is 5.82 Å². The molecule has 1 N–H and O–H groups in total. The van der Waals surface area contributed by atoms with Gasteiger partial charge in [-0.25, -0.2) is 12.8 Å². The summed E-state index contributed by atoms with van der Waals surface area (Å²) in [6.45, 7) is 1.85. The Labute approximate surface area is 145 Å². The first-order valence-corrected chi connectivity index (χ1v) is 9.31. The lowest BCUT2D eigenvalue weighted by molar-refractivity contribution is -0.120. The van der Waals surface area contributed by atoms with Gasteiger partial charge in [0.25, 0.3) is 0 Å². The topological polar surface area (TPSA) is 63.2 Å². The molecule has 2 aromatic carbocycles. The molecule has 0 radical (unpaired) electrons. The van der Waals surface area contributed by atoms with Crippen LogP contribution in [0, 0.1) is 12.7 Å². The number of benzene rings is 2. The summed E-state index contributed by atoms with van der Waals surface area (Å²) in [6.07, 6.45) is -0.173. The van der Waals surface area contributed by atoms with Crippen LogP contribution in [0.4, 0.5) is 4.39 Å². The van der Waals surface area contributed by atoms with Crippen molar-refractivity contribution < 1.29 is 17.6 Å². The third-order valence-electron chi connectivity index (χ3n) is 3.48. The zero-order chi connectivity index (χ0) is 17.7. The van der Waals surface area contributed by atoms with Gasteiger partial charge in [0.2, 0.25) is 5.91 Å². The molecule has 24 heavy (non-hydrogen) atoms. The van der Waals surface area contributed by atoms with E-state index in [0.29, 0.717) is 5.56 Å². The second kappa shape index (κ2) is 7.77. The van der Waals surface area contributed by atoms with Crippen molar-refractivity contribution in [3.8, 4) is 0 Å². The highest BCUT2D eigenvalue weighted by Gasteiger charge is 2.19. The maximum Gasteiger partial charge on any atom is 0.221 e. The molecule has 4 nitrogen and oxygen atoms in total. The molecular weight excluding hydrogens is 353 g/mol. The van der Waals surface area contributed by atoms with Crippen molar-refractivity contribution >= 4 is 27.3 Å². The molecule has 0 aliphatic rings. The predicted molar refractivity (Wildman–Crippen MR) is 91.1 cm³/mol. The fourth-order valence-corrected chi connectivity index (χ4v) is 3.95. The lowest BCUT2D eigenvalue weighted by Gasteiger charge is -2.08. The smallest absolute Gasteiger partial charge is 0.221 e. The molecule has 0 aliphatic carbocycles. The van der Waals surface area contributed by atoms with Gasteiger partial charge in [0.05, 0.1) is 15.7 Å². The number of nitrogens with one attached hydrogen (secondary N) is 1. The molecule has 0 aromatic heterocycles. The molecule has 0 saturated carbocycles. The molecule has 0 aliphatic heterocycles. The molecule has 0 fully saturated rings. The Morgan fingerprint density at radius 3 is 2.58 bits per heavy atom. The highest BCUT2D eigenvalue weighted by atomic mass is 35.5. The van der Waals surface area contributed by atoms with Gasteiger partial charge in [-0.05, 0) is 36.2 Å². The van der Waals surface area contributed by atoms with E-state index in [-0.39, 0.29) is 34.5 Å². The number of halogens is 2. The van der Waals surface area contributed by atoms with Crippen LogP contribution < -0.4 is 5.32 Å². The molecule has 0 heterocycles. The van der Waals surface area contributed by atoms with Crippen molar-refractivity contribution in [2.75, 3.05) is 5.75 Å². The number of sulfone groups is 1. The summed E-state index contributed by atoms with van der Waals surface area (Å²) >= 11 is 5.88. The summed E-state index contributed by atoms with van der Waals surface area (Å²) in [5.41, 5.74) is 1.24. The van der Waals surface area contributed by atoms with E-state index in [1.54, 1.807) is 31.2 Å². The van der Waals surface area contributed by atoms with E-state index in [4.69, 9.17) is 11.6 Å². The summed E-state index contributed by atoms with van der Waals surface area (Å²) in [5, 5.41) is 2.76. The molecule has 128 valence electrons. The number of carbonyl (C=O) groups is 1. The van der Waals surface area contributed by atoms with E-state index in [1.807, 2.05) is 0 Å². The van der Waals surface area contributed by atoms with E-state index in [2.05, 4.69) is 5.32 Å². The predicted octanol–water partition coefficient (Wildman–Crippen LogP) is 3.27. The van der Waals surface area contributed by atoms with Crippen molar-refractivity contribution in [2.45, 2.75) is 24.8 Å². The van der Waals surface area contributed by atoms with E-state index < -0.39 is 15.7 Å². The summed E-state index contributed by atoms with van der Waals surface area (Å²) in [5.74, 6) is -1.03. The fourth-order valence-electron chi connectivity index (χ4n) is 2.14. The Hall–Kier alpha value is -1.92. The quantitative estimate of drug-likeness (QED) is 0.850. The summed E-state index contributed by atoms with van der Waals surface area (Å²) in [7, 11) is -3.62. The minimum atomic E-state index is -3.62. The van der Waals surface area contributed by atoms with Gasteiger partial charge < -0.3 is 5.32 Å². The highest BCUT2D eigenvalue weighted by Crippen LogP contribution is 2.22. The maximum absolute atomic E-state index is 13.2. The lowest BCUT2D eigenvalue weighted by Crippen LogP contribution is -2.25. The number of carbonyl (C=O) groups excluding carboxylic acids is 1. The summed E-state index contributed by atoms with van der Waals surface area (Å²) < 4.78 is 37.6. The van der Waals surface area contributed by atoms with Gasteiger partial charge in [0, 0.05) is 13.0 Å². The van der Waals surface area contributed by atoms with Crippen LogP contribution in [-0.2, 0) is 21.2 Å². The molecule has 0 bridgehead atoms. The van der Waals surface area contributed by atoms with Gasteiger partial charge >= 0.3 is 0 Å². The monoisotopic (exact) mass is 369 g/mol. The van der Waals surface area contributed by atoms with E-state index in [9.17, 15) is 17.6 Å². The third kappa shape index (κ3) is 4.79. The average molecular weight is 370 g/mol. The van der Waals surface area contributed by atoms with Gasteiger partial charge in [-0.3, -0.25) is 4.79 Å². The first-order chi connectivity index (χ1) is 11.3. The van der Waals surface area contributed by atoms with Crippen molar-refractivity contribution in [1.82, 2.24) is 5.32 Å². The second-order valence-electron chi connectivity index (χ2n) is 5.36. The first kappa shape index (κ1) is 18.4. The first-order valence-electron chi connectivity index (χ1n) is 7.28. The zero-order valence-electron chi connectivity index (χ0n) is 13.1. The van der Waals surface area contributed by atoms with Crippen LogP contribution >= 0.6 is 11.6 Å². The minimum absolute atomic E-state index is 0.0219. The Balaban J connectivity index is 1.91. The lowest BCUT2D eigenvalue weighted by atomic mass is 10.1. The van der Waals surface area contributed by atoms with Gasteiger partial charge in [-0.2, -0.15) is 0 Å². The molecule has 0 spiro atoms. The second-order valence-corrected chi connectivity index (χ2v) is 7.84. The van der Waals surface area contributed by atoms with Crippen LogP contribution in [0.1, 0.15) is 17.5 Å². The molecule has 2 aromatic rings. The van der Waals surface area contributed by atoms with Gasteiger partial charge in [-0.15, -0.1) is 0 Å². The molecular formula is C17H17ClFNO3S. The molecule has 0 atom stereocenters. The van der Waals surface area contributed by atoms with E-state index in [0.717, 1.165) is 5.56 Å². The maximum atomic E-state index is 13.2. The number of rotatable bonds is 6. The highest BCUT2D eigenvalue weighted by molar-refractivity contribution is 7.91. The summed E-state index contributed by atoms with van der Waals surface area (Å²) in [4.78, 5) is 11.9. The Bertz CT molecular complexity index is 853. The largest absolute Gasteiger partial charge is 0.352 e. The molecule has 7 heteroatoms. The number of aryl methyl sites for hydroxylation is 1. The van der Waals surface area contributed by atoms with Gasteiger partial charge in [0.15, 0.2) is 9.84 Å². The third-order valence-corrected chi connectivity index (χ3v) is 5.69.